The molecule has 0 aromatic heterocycles. The van der Waals surface area contributed by atoms with Gasteiger partial charge in [0.15, 0.2) is 5.75 Å². The summed E-state index contributed by atoms with van der Waals surface area (Å²) >= 11 is 0. The first-order valence-electron chi connectivity index (χ1n) is 9.20. The van der Waals surface area contributed by atoms with E-state index in [1.54, 1.807) is 0 Å². The molecule has 0 amide bonds. The van der Waals surface area contributed by atoms with Crippen LogP contribution in [0.5, 0.6) is 5.75 Å². The van der Waals surface area contributed by atoms with Crippen LogP contribution >= 0.6 is 0 Å². The summed E-state index contributed by atoms with van der Waals surface area (Å²) < 4.78 is 0. The van der Waals surface area contributed by atoms with Crippen molar-refractivity contribution in [1.29, 1.82) is 0 Å². The number of rotatable bonds is 6. The predicted molar refractivity (Wildman–Crippen MR) is 105 cm³/mol. The molecule has 2 aromatic carbocycles. The van der Waals surface area contributed by atoms with Gasteiger partial charge in [0, 0.05) is 11.0 Å². The van der Waals surface area contributed by atoms with E-state index in [4.69, 9.17) is 9.78 Å². The van der Waals surface area contributed by atoms with Crippen LogP contribution in [0.25, 0.3) is 0 Å². The van der Waals surface area contributed by atoms with Crippen molar-refractivity contribution in [3.05, 3.63) is 65.7 Å². The highest BCUT2D eigenvalue weighted by Gasteiger charge is 2.42. The first-order chi connectivity index (χ1) is 11.7. The highest BCUT2D eigenvalue weighted by molar-refractivity contribution is 5.48. The molecule has 0 aliphatic heterocycles. The smallest absolute Gasteiger partial charge is 0.169 e. The van der Waals surface area contributed by atoms with Crippen molar-refractivity contribution < 1.29 is 9.78 Å². The Morgan fingerprint density at radius 1 is 0.720 bits per heavy atom. The zero-order valence-electron chi connectivity index (χ0n) is 16.7. The van der Waals surface area contributed by atoms with Crippen molar-refractivity contribution in [2.24, 2.45) is 11.8 Å². The molecule has 2 heteroatoms. The highest BCUT2D eigenvalue weighted by atomic mass is 17.2. The van der Waals surface area contributed by atoms with Crippen molar-refractivity contribution in [2.45, 2.75) is 59.5 Å². The molecule has 0 atom stereocenters. The van der Waals surface area contributed by atoms with Crippen LogP contribution in [0.2, 0.25) is 0 Å². The fourth-order valence-corrected chi connectivity index (χ4v) is 3.88. The van der Waals surface area contributed by atoms with Crippen LogP contribution in [0.15, 0.2) is 54.6 Å². The molecule has 2 aromatic rings. The lowest BCUT2D eigenvalue weighted by molar-refractivity contribution is -0.275. The van der Waals surface area contributed by atoms with E-state index in [-0.39, 0.29) is 11.0 Å². The number of benzene rings is 2. The molecule has 0 aliphatic carbocycles. The summed E-state index contributed by atoms with van der Waals surface area (Å²) in [5.74, 6) is 1.59. The van der Waals surface area contributed by atoms with Gasteiger partial charge in [-0.2, -0.15) is 4.89 Å². The Hall–Kier alpha value is -1.80. The third kappa shape index (κ3) is 4.07. The molecule has 0 bridgehead atoms. The Bertz CT molecular complexity index is 658. The average molecular weight is 341 g/mol. The Labute approximate surface area is 153 Å². The van der Waals surface area contributed by atoms with E-state index in [0.717, 1.165) is 5.75 Å². The Kier molecular flexibility index (Phi) is 5.95. The van der Waals surface area contributed by atoms with Gasteiger partial charge in [-0.1, -0.05) is 76.2 Å². The largest absolute Gasteiger partial charge is 0.337 e. The lowest BCUT2D eigenvalue weighted by Gasteiger charge is -2.43. The molecule has 0 fully saturated rings. The summed E-state index contributed by atoms with van der Waals surface area (Å²) in [7, 11) is 0. The molecule has 25 heavy (non-hydrogen) atoms. The summed E-state index contributed by atoms with van der Waals surface area (Å²) in [6.45, 7) is 15.1. The summed E-state index contributed by atoms with van der Waals surface area (Å²) in [5, 5.41) is 0. The van der Waals surface area contributed by atoms with Crippen molar-refractivity contribution >= 4 is 0 Å². The first kappa shape index (κ1) is 19.5. The minimum absolute atomic E-state index is 0.154. The van der Waals surface area contributed by atoms with Gasteiger partial charge in [0.05, 0.1) is 0 Å². The predicted octanol–water partition coefficient (Wildman–Crippen LogP) is 6.39. The van der Waals surface area contributed by atoms with Gasteiger partial charge in [-0.25, -0.2) is 0 Å². The van der Waals surface area contributed by atoms with Crippen LogP contribution in [0.3, 0.4) is 0 Å². The minimum Gasteiger partial charge on any atom is -0.337 e. The third-order valence-electron chi connectivity index (χ3n) is 4.79. The first-order valence-corrected chi connectivity index (χ1v) is 9.20. The molecule has 0 unspecified atom stereocenters. The van der Waals surface area contributed by atoms with E-state index >= 15 is 0 Å². The molecule has 136 valence electrons. The van der Waals surface area contributed by atoms with Gasteiger partial charge in [0.2, 0.25) is 0 Å². The van der Waals surface area contributed by atoms with Crippen molar-refractivity contribution in [2.75, 3.05) is 0 Å². The molecule has 0 N–H and O–H groups in total. The second-order valence-electron chi connectivity index (χ2n) is 8.32. The maximum Gasteiger partial charge on any atom is 0.169 e. The molecule has 0 heterocycles. The lowest BCUT2D eigenvalue weighted by atomic mass is 9.60. The van der Waals surface area contributed by atoms with Gasteiger partial charge in [-0.3, -0.25) is 0 Å². The van der Waals surface area contributed by atoms with Gasteiger partial charge >= 0.3 is 0 Å². The van der Waals surface area contributed by atoms with Crippen molar-refractivity contribution in [3.63, 3.8) is 0 Å². The molecule has 2 rings (SSSR count). The van der Waals surface area contributed by atoms with Gasteiger partial charge < -0.3 is 4.89 Å². The summed E-state index contributed by atoms with van der Waals surface area (Å²) in [4.78, 5) is 11.5. The maximum absolute atomic E-state index is 5.83. The van der Waals surface area contributed by atoms with Crippen LogP contribution in [0.1, 0.15) is 59.6 Å². The van der Waals surface area contributed by atoms with Crippen LogP contribution in [0.4, 0.5) is 0 Å². The minimum atomic E-state index is -0.363. The molecular formula is C23H32O2. The number of hydrogen-bond acceptors (Lipinski definition) is 2. The third-order valence-corrected chi connectivity index (χ3v) is 4.79. The van der Waals surface area contributed by atoms with Crippen molar-refractivity contribution in [1.82, 2.24) is 0 Å². The Morgan fingerprint density at radius 2 is 1.24 bits per heavy atom. The average Bonchev–Trinajstić information content (AvgIpc) is 2.54. The topological polar surface area (TPSA) is 18.5 Å². The van der Waals surface area contributed by atoms with E-state index in [1.807, 2.05) is 32.9 Å². The SMILES string of the molecule is CC(C)C(c1ccccc1)(c1ccccc1OOC(C)(C)C)C(C)C. The quantitative estimate of drug-likeness (QED) is 0.448. The van der Waals surface area contributed by atoms with E-state index in [2.05, 4.69) is 70.2 Å². The Balaban J connectivity index is 2.64. The van der Waals surface area contributed by atoms with Crippen LogP contribution in [-0.2, 0) is 10.3 Å². The maximum atomic E-state index is 5.83. The van der Waals surface area contributed by atoms with Crippen LogP contribution in [-0.4, -0.2) is 5.60 Å². The summed E-state index contributed by atoms with van der Waals surface area (Å²) in [5.41, 5.74) is 1.97. The van der Waals surface area contributed by atoms with Crippen LogP contribution in [0, 0.1) is 11.8 Å². The zero-order chi connectivity index (χ0) is 18.7. The van der Waals surface area contributed by atoms with Gasteiger partial charge in [-0.15, -0.1) is 0 Å². The lowest BCUT2D eigenvalue weighted by Crippen LogP contribution is -2.39. The molecule has 0 aliphatic rings. The molecule has 0 saturated heterocycles. The fraction of sp³-hybridized carbons (Fsp3) is 0.478. The van der Waals surface area contributed by atoms with E-state index in [1.165, 1.54) is 11.1 Å². The standard InChI is InChI=1S/C23H32O2/c1-17(2)23(18(3)4,19-13-9-8-10-14-19)20-15-11-12-16-21(20)24-25-22(5,6)7/h8-18H,1-7H3. The summed E-state index contributed by atoms with van der Waals surface area (Å²) in [6.07, 6.45) is 0. The number of hydrogen-bond donors (Lipinski definition) is 0. The second kappa shape index (κ2) is 7.61. The van der Waals surface area contributed by atoms with Crippen molar-refractivity contribution in [3.8, 4) is 5.75 Å². The number of para-hydroxylation sites is 1. The van der Waals surface area contributed by atoms with Crippen LogP contribution < -0.4 is 4.89 Å². The molecule has 0 saturated carbocycles. The molecule has 2 nitrogen and oxygen atoms in total. The molecule has 0 spiro atoms. The summed E-state index contributed by atoms with van der Waals surface area (Å²) in [6, 6.07) is 19.0. The molecule has 0 radical (unpaired) electrons. The highest BCUT2D eigenvalue weighted by Crippen LogP contribution is 2.48. The monoisotopic (exact) mass is 340 g/mol. The normalized spacial score (nSPS) is 12.7. The fourth-order valence-electron chi connectivity index (χ4n) is 3.88. The molecular weight excluding hydrogens is 308 g/mol. The van der Waals surface area contributed by atoms with Gasteiger partial charge in [0.25, 0.3) is 0 Å². The van der Waals surface area contributed by atoms with Gasteiger partial charge in [0.1, 0.15) is 5.60 Å². The van der Waals surface area contributed by atoms with E-state index in [0.29, 0.717) is 11.8 Å². The Morgan fingerprint density at radius 3 is 1.76 bits per heavy atom. The van der Waals surface area contributed by atoms with E-state index < -0.39 is 0 Å². The van der Waals surface area contributed by atoms with Gasteiger partial charge in [-0.05, 0) is 44.2 Å². The van der Waals surface area contributed by atoms with E-state index in [9.17, 15) is 0 Å². The second-order valence-corrected chi connectivity index (χ2v) is 8.32. The zero-order valence-corrected chi connectivity index (χ0v) is 16.7.